The molecule has 0 spiro atoms. The van der Waals surface area contributed by atoms with Crippen molar-refractivity contribution in [1.82, 2.24) is 19.7 Å². The standard InChI is InChI=1S/C20H16N6/c1-26-8-7-14(12-26)18-9-15(16(10-21)20(22)24-18)17-11-23-25-19(17)13-5-3-2-4-6-13/h2-9,11-12H,1H3,(H2,22,24)(H,23,25). The van der Waals surface area contributed by atoms with Gasteiger partial charge in [-0.05, 0) is 12.1 Å². The highest BCUT2D eigenvalue weighted by atomic mass is 15.1. The molecule has 0 radical (unpaired) electrons. The van der Waals surface area contributed by atoms with Crippen molar-refractivity contribution in [3.8, 4) is 39.7 Å². The molecule has 3 heterocycles. The number of H-pyrrole nitrogens is 1. The van der Waals surface area contributed by atoms with E-state index >= 15 is 0 Å². The van der Waals surface area contributed by atoms with Gasteiger partial charge in [0.05, 0.1) is 17.6 Å². The average molecular weight is 340 g/mol. The second kappa shape index (κ2) is 6.22. The Morgan fingerprint density at radius 2 is 1.92 bits per heavy atom. The van der Waals surface area contributed by atoms with Crippen LogP contribution in [-0.2, 0) is 7.05 Å². The van der Waals surface area contributed by atoms with Gasteiger partial charge in [0.15, 0.2) is 0 Å². The molecule has 0 unspecified atom stereocenters. The summed E-state index contributed by atoms with van der Waals surface area (Å²) in [6, 6.07) is 15.9. The maximum absolute atomic E-state index is 9.62. The summed E-state index contributed by atoms with van der Waals surface area (Å²) in [6.07, 6.45) is 5.62. The Bertz CT molecular complexity index is 1110. The number of hydrogen-bond acceptors (Lipinski definition) is 4. The van der Waals surface area contributed by atoms with Crippen LogP contribution < -0.4 is 5.73 Å². The summed E-state index contributed by atoms with van der Waals surface area (Å²) < 4.78 is 1.94. The zero-order valence-corrected chi connectivity index (χ0v) is 14.1. The summed E-state index contributed by atoms with van der Waals surface area (Å²) in [7, 11) is 1.95. The molecule has 3 aromatic heterocycles. The lowest BCUT2D eigenvalue weighted by Gasteiger charge is -2.10. The number of anilines is 1. The summed E-state index contributed by atoms with van der Waals surface area (Å²) in [5, 5.41) is 16.8. The molecule has 3 N–H and O–H groups in total. The number of nitriles is 1. The molecule has 0 aliphatic carbocycles. The molecule has 0 saturated carbocycles. The Morgan fingerprint density at radius 3 is 2.62 bits per heavy atom. The number of nitrogens with one attached hydrogen (secondary N) is 1. The van der Waals surface area contributed by atoms with E-state index in [-0.39, 0.29) is 5.82 Å². The molecule has 4 aromatic rings. The van der Waals surface area contributed by atoms with Crippen molar-refractivity contribution in [1.29, 1.82) is 5.26 Å². The molecule has 4 rings (SSSR count). The van der Waals surface area contributed by atoms with Crippen LogP contribution in [0.2, 0.25) is 0 Å². The second-order valence-electron chi connectivity index (χ2n) is 6.02. The van der Waals surface area contributed by atoms with Crippen molar-refractivity contribution in [3.05, 3.63) is 66.6 Å². The molecule has 0 saturated heterocycles. The number of rotatable bonds is 3. The van der Waals surface area contributed by atoms with Crippen LogP contribution in [0, 0.1) is 11.3 Å². The van der Waals surface area contributed by atoms with Gasteiger partial charge in [-0.1, -0.05) is 30.3 Å². The quantitative estimate of drug-likeness (QED) is 0.595. The zero-order chi connectivity index (χ0) is 18.1. The molecule has 26 heavy (non-hydrogen) atoms. The van der Waals surface area contributed by atoms with Crippen LogP contribution in [0.5, 0.6) is 0 Å². The molecular formula is C20H16N6. The van der Waals surface area contributed by atoms with Crippen molar-refractivity contribution in [3.63, 3.8) is 0 Å². The third-order valence-corrected chi connectivity index (χ3v) is 4.28. The normalized spacial score (nSPS) is 10.6. The highest BCUT2D eigenvalue weighted by Gasteiger charge is 2.18. The fraction of sp³-hybridized carbons (Fsp3) is 0.0500. The maximum atomic E-state index is 9.62. The molecule has 1 aromatic carbocycles. The maximum Gasteiger partial charge on any atom is 0.142 e. The van der Waals surface area contributed by atoms with E-state index in [0.717, 1.165) is 28.1 Å². The topological polar surface area (TPSA) is 96.3 Å². The minimum Gasteiger partial charge on any atom is -0.383 e. The van der Waals surface area contributed by atoms with E-state index in [1.807, 2.05) is 66.5 Å². The smallest absolute Gasteiger partial charge is 0.142 e. The van der Waals surface area contributed by atoms with E-state index < -0.39 is 0 Å². The van der Waals surface area contributed by atoms with Gasteiger partial charge in [-0.15, -0.1) is 0 Å². The first-order chi connectivity index (χ1) is 12.7. The number of nitrogens with zero attached hydrogens (tertiary/aromatic N) is 4. The van der Waals surface area contributed by atoms with Crippen LogP contribution in [0.4, 0.5) is 5.82 Å². The van der Waals surface area contributed by atoms with Gasteiger partial charge in [0.2, 0.25) is 0 Å². The number of benzene rings is 1. The number of aromatic nitrogens is 4. The van der Waals surface area contributed by atoms with Crippen molar-refractivity contribution in [2.24, 2.45) is 7.05 Å². The van der Waals surface area contributed by atoms with Crippen molar-refractivity contribution < 1.29 is 0 Å². The van der Waals surface area contributed by atoms with Gasteiger partial charge < -0.3 is 10.3 Å². The van der Waals surface area contributed by atoms with Crippen LogP contribution >= 0.6 is 0 Å². The van der Waals surface area contributed by atoms with E-state index in [0.29, 0.717) is 11.1 Å². The summed E-state index contributed by atoms with van der Waals surface area (Å²) in [4.78, 5) is 4.41. The minimum absolute atomic E-state index is 0.212. The lowest BCUT2D eigenvalue weighted by molar-refractivity contribution is 0.928. The zero-order valence-electron chi connectivity index (χ0n) is 14.1. The lowest BCUT2D eigenvalue weighted by Crippen LogP contribution is -1.99. The number of pyridine rings is 1. The van der Waals surface area contributed by atoms with Gasteiger partial charge in [0.25, 0.3) is 0 Å². The highest BCUT2D eigenvalue weighted by molar-refractivity contribution is 5.87. The molecule has 0 atom stereocenters. The van der Waals surface area contributed by atoms with Crippen molar-refractivity contribution in [2.45, 2.75) is 0 Å². The predicted octanol–water partition coefficient (Wildman–Crippen LogP) is 3.60. The van der Waals surface area contributed by atoms with E-state index in [1.165, 1.54) is 0 Å². The Labute approximate surface area is 150 Å². The van der Waals surface area contributed by atoms with Gasteiger partial charge in [-0.25, -0.2) is 4.98 Å². The average Bonchev–Trinajstić information content (AvgIpc) is 3.31. The van der Waals surface area contributed by atoms with Crippen LogP contribution in [0.1, 0.15) is 5.56 Å². The summed E-state index contributed by atoms with van der Waals surface area (Å²) in [5.74, 6) is 0.212. The molecule has 0 aliphatic rings. The Hall–Kier alpha value is -3.85. The summed E-state index contributed by atoms with van der Waals surface area (Å²) >= 11 is 0. The van der Waals surface area contributed by atoms with E-state index in [1.54, 1.807) is 6.20 Å². The van der Waals surface area contributed by atoms with E-state index in [9.17, 15) is 5.26 Å². The highest BCUT2D eigenvalue weighted by Crippen LogP contribution is 2.36. The van der Waals surface area contributed by atoms with Gasteiger partial charge in [0, 0.05) is 41.7 Å². The molecular weight excluding hydrogens is 324 g/mol. The van der Waals surface area contributed by atoms with Crippen LogP contribution in [0.3, 0.4) is 0 Å². The third-order valence-electron chi connectivity index (χ3n) is 4.28. The van der Waals surface area contributed by atoms with Crippen LogP contribution in [0.25, 0.3) is 33.6 Å². The Kier molecular flexibility index (Phi) is 3.75. The SMILES string of the molecule is Cn1ccc(-c2cc(-c3cn[nH]c3-c3ccccc3)c(C#N)c(N)n2)c1. The van der Waals surface area contributed by atoms with Crippen molar-refractivity contribution >= 4 is 5.82 Å². The molecule has 6 nitrogen and oxygen atoms in total. The first kappa shape index (κ1) is 15.7. The molecule has 0 bridgehead atoms. The number of nitrogen functional groups attached to an aromatic ring is 1. The molecule has 0 amide bonds. The van der Waals surface area contributed by atoms with E-state index in [4.69, 9.17) is 5.73 Å². The van der Waals surface area contributed by atoms with Crippen molar-refractivity contribution in [2.75, 3.05) is 5.73 Å². The molecule has 126 valence electrons. The number of nitrogens with two attached hydrogens (primary N) is 1. The van der Waals surface area contributed by atoms with Gasteiger partial charge in [-0.3, -0.25) is 5.10 Å². The van der Waals surface area contributed by atoms with Gasteiger partial charge >= 0.3 is 0 Å². The number of aromatic amines is 1. The van der Waals surface area contributed by atoms with Crippen LogP contribution in [0.15, 0.2) is 61.1 Å². The second-order valence-corrected chi connectivity index (χ2v) is 6.02. The molecule has 0 aliphatic heterocycles. The first-order valence-corrected chi connectivity index (χ1v) is 8.09. The lowest BCUT2D eigenvalue weighted by atomic mass is 9.97. The fourth-order valence-electron chi connectivity index (χ4n) is 3.01. The number of aryl methyl sites for hydroxylation is 1. The Balaban J connectivity index is 1.94. The minimum atomic E-state index is 0.212. The summed E-state index contributed by atoms with van der Waals surface area (Å²) in [6.45, 7) is 0. The third kappa shape index (κ3) is 2.62. The first-order valence-electron chi connectivity index (χ1n) is 8.09. The van der Waals surface area contributed by atoms with Gasteiger partial charge in [0.1, 0.15) is 17.5 Å². The molecule has 6 heteroatoms. The van der Waals surface area contributed by atoms with Gasteiger partial charge in [-0.2, -0.15) is 10.4 Å². The van der Waals surface area contributed by atoms with E-state index in [2.05, 4.69) is 21.3 Å². The molecule has 0 fully saturated rings. The Morgan fingerprint density at radius 1 is 1.12 bits per heavy atom. The fourth-order valence-corrected chi connectivity index (χ4v) is 3.01. The predicted molar refractivity (Wildman–Crippen MR) is 101 cm³/mol. The van der Waals surface area contributed by atoms with Crippen LogP contribution in [-0.4, -0.2) is 19.7 Å². The number of hydrogen-bond donors (Lipinski definition) is 2. The largest absolute Gasteiger partial charge is 0.383 e. The monoisotopic (exact) mass is 340 g/mol. The summed E-state index contributed by atoms with van der Waals surface area (Å²) in [5.41, 5.74) is 11.5.